The van der Waals surface area contributed by atoms with Crippen LogP contribution in [0, 0.1) is 0 Å². The number of hydrogen-bond donors (Lipinski definition) is 0. The first kappa shape index (κ1) is 33.1. The summed E-state index contributed by atoms with van der Waals surface area (Å²) in [4.78, 5) is 0. The molecule has 0 aliphatic heterocycles. The number of unbranched alkanes of at least 4 members (excludes halogenated alkanes) is 7. The van der Waals surface area contributed by atoms with Gasteiger partial charge in [-0.05, 0) is 64.2 Å². The Morgan fingerprint density at radius 2 is 1.35 bits per heavy atom. The van der Waals surface area contributed by atoms with Gasteiger partial charge < -0.3 is 0 Å². The molecule has 0 radical (unpaired) electrons. The van der Waals surface area contributed by atoms with Crippen LogP contribution in [-0.2, 0) is 21.7 Å². The summed E-state index contributed by atoms with van der Waals surface area (Å²) in [6.45, 7) is 11.1. The number of hydrogen-bond acceptors (Lipinski definition) is 1. The van der Waals surface area contributed by atoms with E-state index in [0.29, 0.717) is 0 Å². The normalized spacial score (nSPS) is 13.3. The van der Waals surface area contributed by atoms with Crippen LogP contribution in [0.5, 0.6) is 0 Å². The van der Waals surface area contributed by atoms with E-state index in [1.54, 1.807) is 0 Å². The fraction of sp³-hybridized carbons (Fsp3) is 0.714. The molecule has 1 rings (SSSR count). The van der Waals surface area contributed by atoms with Crippen molar-refractivity contribution >= 4 is 7.05 Å². The maximum absolute atomic E-state index is 5.43. The maximum Gasteiger partial charge on any atom is 0.0425 e. The summed E-state index contributed by atoms with van der Waals surface area (Å²) in [7, 11) is -1.12. The van der Waals surface area contributed by atoms with Crippen LogP contribution in [0.2, 0.25) is 0 Å². The molecular weight excluding hydrogens is 429 g/mol. The first-order chi connectivity index (χ1) is 14.7. The predicted molar refractivity (Wildman–Crippen MR) is 143 cm³/mol. The first-order valence-electron chi connectivity index (χ1n) is 12.9. The van der Waals surface area contributed by atoms with Crippen molar-refractivity contribution in [1.29, 1.82) is 0 Å². The van der Waals surface area contributed by atoms with Gasteiger partial charge in [0.15, 0.2) is 0 Å². The molecule has 3 heteroatoms. The Morgan fingerprint density at radius 3 is 1.74 bits per heavy atom. The average molecular weight is 482 g/mol. The average Bonchev–Trinajstić information content (AvgIpc) is 3.25. The van der Waals surface area contributed by atoms with Crippen molar-refractivity contribution in [2.75, 3.05) is 18.5 Å². The van der Waals surface area contributed by atoms with Gasteiger partial charge in [0.25, 0.3) is 0 Å². The molecule has 0 saturated carbocycles. The predicted octanol–water partition coefficient (Wildman–Crippen LogP) is 10.5. The van der Waals surface area contributed by atoms with Gasteiger partial charge in [-0.3, -0.25) is 4.74 Å². The van der Waals surface area contributed by atoms with Crippen molar-refractivity contribution in [1.82, 2.24) is 0 Å². The molecule has 0 N–H and O–H groups in total. The Kier molecular flexibility index (Phi) is 26.2. The van der Waals surface area contributed by atoms with Gasteiger partial charge in [-0.25, -0.2) is 0 Å². The minimum Gasteiger partial charge on any atom is -0.272 e. The minimum absolute atomic E-state index is 0. The Morgan fingerprint density at radius 1 is 0.806 bits per heavy atom. The van der Waals surface area contributed by atoms with E-state index in [9.17, 15) is 0 Å². The van der Waals surface area contributed by atoms with Gasteiger partial charge in [0, 0.05) is 33.8 Å². The molecule has 0 fully saturated rings. The van der Waals surface area contributed by atoms with Crippen molar-refractivity contribution in [3.05, 3.63) is 48.2 Å². The van der Waals surface area contributed by atoms with Gasteiger partial charge in [0.2, 0.25) is 0 Å². The van der Waals surface area contributed by atoms with Gasteiger partial charge in [-0.15, -0.1) is 0 Å². The van der Waals surface area contributed by atoms with Crippen LogP contribution in [0.3, 0.4) is 0 Å². The van der Waals surface area contributed by atoms with Gasteiger partial charge in [-0.1, -0.05) is 109 Å². The monoisotopic (exact) mass is 481 g/mol. The smallest absolute Gasteiger partial charge is 0.0425 e. The molecule has 0 aromatic heterocycles. The van der Waals surface area contributed by atoms with Crippen LogP contribution in [-0.4, -0.2) is 18.5 Å². The summed E-state index contributed by atoms with van der Waals surface area (Å²) in [6, 6.07) is 0. The maximum atomic E-state index is 5.43. The molecule has 0 spiro atoms. The topological polar surface area (TPSA) is 12.4 Å². The Balaban J connectivity index is 0. The minimum atomic E-state index is -1.12. The third kappa shape index (κ3) is 19.1. The summed E-state index contributed by atoms with van der Waals surface area (Å²) < 4.78 is 5.43. The molecule has 31 heavy (non-hydrogen) atoms. The molecule has 0 unspecified atom stereocenters. The van der Waals surface area contributed by atoms with Gasteiger partial charge in [-0.2, -0.15) is 0 Å². The standard InChI is InChI=1S/C20H38NP.C8H14.Ti/c1-4-7-12-17-22(18-13-8-5-2,19-14-9-6-3)21-20-15-10-11-16-20;1-3-5-7-8-6-4-2;/h10-11,15H,4-9,12-14,16-19H2,1-3H3;3,5,7-8H,4,6H2,1-2H3;. The largest absolute Gasteiger partial charge is 0.272 e. The fourth-order valence-corrected chi connectivity index (χ4v) is 7.79. The van der Waals surface area contributed by atoms with E-state index in [0.717, 1.165) is 6.42 Å². The first-order valence-corrected chi connectivity index (χ1v) is 15.2. The zero-order chi connectivity index (χ0) is 22.3. The van der Waals surface area contributed by atoms with E-state index in [2.05, 4.69) is 64.2 Å². The SMILES string of the molecule is CC=CC=CCCC.CCCCCP(CCCCC)(CCCCC)=NC1=CC=CC1.[Ti]. The van der Waals surface area contributed by atoms with E-state index >= 15 is 0 Å². The molecule has 0 amide bonds. The van der Waals surface area contributed by atoms with Crippen molar-refractivity contribution in [2.24, 2.45) is 4.74 Å². The van der Waals surface area contributed by atoms with E-state index in [-0.39, 0.29) is 21.7 Å². The van der Waals surface area contributed by atoms with Crippen molar-refractivity contribution in [3.8, 4) is 0 Å². The second-order valence-electron chi connectivity index (χ2n) is 8.52. The Bertz CT molecular complexity index is 524. The molecule has 0 atom stereocenters. The van der Waals surface area contributed by atoms with Crippen LogP contribution in [0.1, 0.15) is 112 Å². The summed E-state index contributed by atoms with van der Waals surface area (Å²) in [5.41, 5.74) is 1.37. The van der Waals surface area contributed by atoms with Crippen LogP contribution in [0.4, 0.5) is 0 Å². The third-order valence-electron chi connectivity index (χ3n) is 5.52. The van der Waals surface area contributed by atoms with Gasteiger partial charge in [0.1, 0.15) is 0 Å². The van der Waals surface area contributed by atoms with E-state index in [4.69, 9.17) is 4.74 Å². The van der Waals surface area contributed by atoms with Crippen LogP contribution in [0.15, 0.2) is 53.0 Å². The molecule has 1 nitrogen and oxygen atoms in total. The molecule has 0 saturated heterocycles. The quantitative estimate of drug-likeness (QED) is 0.0900. The van der Waals surface area contributed by atoms with Crippen molar-refractivity contribution in [2.45, 2.75) is 112 Å². The molecule has 0 aromatic carbocycles. The summed E-state index contributed by atoms with van der Waals surface area (Å²) in [6.07, 6.45) is 35.1. The van der Waals surface area contributed by atoms with Gasteiger partial charge >= 0.3 is 0 Å². The Labute approximate surface area is 211 Å². The summed E-state index contributed by atoms with van der Waals surface area (Å²) >= 11 is 0. The molecule has 0 bridgehead atoms. The molecule has 178 valence electrons. The number of nitrogens with zero attached hydrogens (tertiary/aromatic N) is 1. The van der Waals surface area contributed by atoms with E-state index in [1.807, 2.05) is 13.0 Å². The zero-order valence-electron chi connectivity index (χ0n) is 21.5. The second kappa shape index (κ2) is 24.5. The molecule has 0 heterocycles. The summed E-state index contributed by atoms with van der Waals surface area (Å²) in [5, 5.41) is 0. The van der Waals surface area contributed by atoms with Crippen molar-refractivity contribution < 1.29 is 21.7 Å². The molecule has 1 aliphatic carbocycles. The van der Waals surface area contributed by atoms with E-state index in [1.165, 1.54) is 94.8 Å². The zero-order valence-corrected chi connectivity index (χ0v) is 24.0. The van der Waals surface area contributed by atoms with E-state index < -0.39 is 7.05 Å². The fourth-order valence-electron chi connectivity index (χ4n) is 3.69. The molecule has 0 aromatic rings. The van der Waals surface area contributed by atoms with Crippen LogP contribution >= 0.6 is 7.05 Å². The number of allylic oxidation sites excluding steroid dienone is 7. The summed E-state index contributed by atoms with van der Waals surface area (Å²) in [5.74, 6) is 0. The Hall–Kier alpha value is -0.0957. The second-order valence-corrected chi connectivity index (χ2v) is 12.3. The molecular formula is C28H52NPTi. The molecule has 1 aliphatic rings. The van der Waals surface area contributed by atoms with Crippen LogP contribution in [0.25, 0.3) is 0 Å². The third-order valence-corrected chi connectivity index (χ3v) is 9.65. The number of rotatable bonds is 16. The van der Waals surface area contributed by atoms with Crippen molar-refractivity contribution in [3.63, 3.8) is 0 Å². The van der Waals surface area contributed by atoms with Crippen LogP contribution < -0.4 is 0 Å². The van der Waals surface area contributed by atoms with Gasteiger partial charge in [0.05, 0.1) is 0 Å².